The lowest BCUT2D eigenvalue weighted by Crippen LogP contribution is -2.25. The van der Waals surface area contributed by atoms with Crippen molar-refractivity contribution in [1.29, 1.82) is 0 Å². The molecule has 0 aliphatic heterocycles. The van der Waals surface area contributed by atoms with Gasteiger partial charge in [-0.15, -0.1) is 0 Å². The van der Waals surface area contributed by atoms with Gasteiger partial charge in [-0.25, -0.2) is 0 Å². The van der Waals surface area contributed by atoms with E-state index >= 15 is 0 Å². The Morgan fingerprint density at radius 1 is 1.17 bits per heavy atom. The van der Waals surface area contributed by atoms with E-state index in [4.69, 9.17) is 9.26 Å². The standard InChI is InChI=1S/C24H34N2O3/c1-24(2,3)28-21(27)17-20(16-10-13-18-11-6-4-7-12-18)23-25-22(26-29-23)19-14-8-5-9-15-19/h5,8-9,14-15,18,20H,4,6-7,10-13,16-17H2,1-3H3. The Kier molecular flexibility index (Phi) is 7.45. The molecule has 1 aromatic carbocycles. The number of esters is 1. The van der Waals surface area contributed by atoms with Crippen molar-refractivity contribution in [3.63, 3.8) is 0 Å². The fourth-order valence-electron chi connectivity index (χ4n) is 4.13. The van der Waals surface area contributed by atoms with Crippen molar-refractivity contribution in [1.82, 2.24) is 10.1 Å². The number of hydrogen-bond donors (Lipinski definition) is 0. The minimum Gasteiger partial charge on any atom is -0.460 e. The highest BCUT2D eigenvalue weighted by Gasteiger charge is 2.26. The molecule has 29 heavy (non-hydrogen) atoms. The van der Waals surface area contributed by atoms with E-state index in [-0.39, 0.29) is 18.3 Å². The number of nitrogens with zero attached hydrogens (tertiary/aromatic N) is 2. The second-order valence-electron chi connectivity index (χ2n) is 9.24. The molecule has 1 saturated carbocycles. The number of benzene rings is 1. The Morgan fingerprint density at radius 3 is 2.59 bits per heavy atom. The maximum Gasteiger partial charge on any atom is 0.307 e. The van der Waals surface area contributed by atoms with Gasteiger partial charge in [0.25, 0.3) is 0 Å². The third-order valence-electron chi connectivity index (χ3n) is 5.55. The summed E-state index contributed by atoms with van der Waals surface area (Å²) in [5.74, 6) is 1.63. The zero-order chi connectivity index (χ0) is 20.7. The number of hydrogen-bond acceptors (Lipinski definition) is 5. The molecule has 0 saturated heterocycles. The van der Waals surface area contributed by atoms with Gasteiger partial charge >= 0.3 is 5.97 Å². The van der Waals surface area contributed by atoms with Gasteiger partial charge in [0.15, 0.2) is 0 Å². The van der Waals surface area contributed by atoms with Crippen molar-refractivity contribution in [3.05, 3.63) is 36.2 Å². The largest absolute Gasteiger partial charge is 0.460 e. The first-order valence-corrected chi connectivity index (χ1v) is 11.0. The minimum atomic E-state index is -0.492. The lowest BCUT2D eigenvalue weighted by atomic mass is 9.84. The van der Waals surface area contributed by atoms with Gasteiger partial charge in [-0.1, -0.05) is 80.4 Å². The summed E-state index contributed by atoms with van der Waals surface area (Å²) in [7, 11) is 0. The quantitative estimate of drug-likeness (QED) is 0.488. The van der Waals surface area contributed by atoms with Crippen molar-refractivity contribution >= 4 is 5.97 Å². The van der Waals surface area contributed by atoms with Crippen molar-refractivity contribution in [2.75, 3.05) is 0 Å². The van der Waals surface area contributed by atoms with E-state index < -0.39 is 5.60 Å². The van der Waals surface area contributed by atoms with E-state index in [2.05, 4.69) is 10.1 Å². The molecule has 1 aliphatic carbocycles. The molecule has 5 nitrogen and oxygen atoms in total. The van der Waals surface area contributed by atoms with Crippen LogP contribution in [0.1, 0.15) is 90.4 Å². The van der Waals surface area contributed by atoms with Gasteiger partial charge in [0.2, 0.25) is 11.7 Å². The molecule has 2 aromatic rings. The van der Waals surface area contributed by atoms with E-state index in [1.54, 1.807) is 0 Å². The lowest BCUT2D eigenvalue weighted by molar-refractivity contribution is -0.155. The number of rotatable bonds is 8. The van der Waals surface area contributed by atoms with Gasteiger partial charge in [0.1, 0.15) is 5.60 Å². The molecule has 0 N–H and O–H groups in total. The minimum absolute atomic E-state index is 0.0987. The van der Waals surface area contributed by atoms with Crippen LogP contribution in [0.15, 0.2) is 34.9 Å². The van der Waals surface area contributed by atoms with E-state index in [1.165, 1.54) is 38.5 Å². The average Bonchev–Trinajstić information content (AvgIpc) is 3.17. The van der Waals surface area contributed by atoms with Crippen LogP contribution in [0.4, 0.5) is 0 Å². The molecular weight excluding hydrogens is 364 g/mol. The Hall–Kier alpha value is -2.17. The summed E-state index contributed by atoms with van der Waals surface area (Å²) in [5.41, 5.74) is 0.425. The van der Waals surface area contributed by atoms with Crippen molar-refractivity contribution in [2.45, 2.75) is 90.1 Å². The van der Waals surface area contributed by atoms with Gasteiger partial charge in [0, 0.05) is 11.5 Å². The first-order valence-electron chi connectivity index (χ1n) is 11.0. The third kappa shape index (κ3) is 6.98. The zero-order valence-electron chi connectivity index (χ0n) is 18.0. The molecule has 1 heterocycles. The maximum atomic E-state index is 12.5. The van der Waals surface area contributed by atoms with Crippen LogP contribution in [0, 0.1) is 5.92 Å². The van der Waals surface area contributed by atoms with Crippen LogP contribution in [-0.2, 0) is 9.53 Å². The van der Waals surface area contributed by atoms with Crippen LogP contribution in [-0.4, -0.2) is 21.7 Å². The van der Waals surface area contributed by atoms with E-state index in [0.717, 1.165) is 24.3 Å². The van der Waals surface area contributed by atoms with E-state index in [1.807, 2.05) is 51.1 Å². The normalized spacial score (nSPS) is 16.5. The van der Waals surface area contributed by atoms with Gasteiger partial charge in [0.05, 0.1) is 6.42 Å². The predicted octanol–water partition coefficient (Wildman–Crippen LogP) is 6.30. The summed E-state index contributed by atoms with van der Waals surface area (Å²) in [6.07, 6.45) is 10.2. The SMILES string of the molecule is CC(C)(C)OC(=O)CC(CCCC1CCCCC1)c1nc(-c2ccccc2)no1. The van der Waals surface area contributed by atoms with Crippen LogP contribution >= 0.6 is 0 Å². The number of aromatic nitrogens is 2. The fourth-order valence-corrected chi connectivity index (χ4v) is 4.13. The monoisotopic (exact) mass is 398 g/mol. The van der Waals surface area contributed by atoms with Gasteiger partial charge in [-0.05, 0) is 33.1 Å². The molecule has 1 fully saturated rings. The van der Waals surface area contributed by atoms with Crippen molar-refractivity contribution < 1.29 is 14.1 Å². The first kappa shape index (κ1) is 21.5. The van der Waals surface area contributed by atoms with Gasteiger partial charge < -0.3 is 9.26 Å². The molecule has 0 bridgehead atoms. The molecule has 158 valence electrons. The molecule has 1 aliphatic rings. The highest BCUT2D eigenvalue weighted by Crippen LogP contribution is 2.32. The molecule has 3 rings (SSSR count). The Labute approximate surface area is 174 Å². The summed E-state index contributed by atoms with van der Waals surface area (Å²) >= 11 is 0. The topological polar surface area (TPSA) is 65.2 Å². The summed E-state index contributed by atoms with van der Waals surface area (Å²) in [6, 6.07) is 9.78. The molecule has 1 unspecified atom stereocenters. The van der Waals surface area contributed by atoms with Crippen LogP contribution in [0.25, 0.3) is 11.4 Å². The van der Waals surface area contributed by atoms with Gasteiger partial charge in [-0.2, -0.15) is 4.98 Å². The summed E-state index contributed by atoms with van der Waals surface area (Å²) in [5, 5.41) is 4.15. The molecule has 0 spiro atoms. The second kappa shape index (κ2) is 10.0. The van der Waals surface area contributed by atoms with Gasteiger partial charge in [-0.3, -0.25) is 4.79 Å². The Bertz CT molecular complexity index is 758. The first-order chi connectivity index (χ1) is 13.9. The lowest BCUT2D eigenvalue weighted by Gasteiger charge is -2.23. The van der Waals surface area contributed by atoms with Crippen molar-refractivity contribution in [3.8, 4) is 11.4 Å². The number of carbonyl (C=O) groups excluding carboxylic acids is 1. The average molecular weight is 399 g/mol. The molecule has 5 heteroatoms. The number of ether oxygens (including phenoxy) is 1. The fraction of sp³-hybridized carbons (Fsp3) is 0.625. The Morgan fingerprint density at radius 2 is 1.90 bits per heavy atom. The van der Waals surface area contributed by atoms with E-state index in [0.29, 0.717) is 11.7 Å². The predicted molar refractivity (Wildman–Crippen MR) is 113 cm³/mol. The van der Waals surface area contributed by atoms with Crippen LogP contribution < -0.4 is 0 Å². The van der Waals surface area contributed by atoms with Crippen LogP contribution in [0.2, 0.25) is 0 Å². The van der Waals surface area contributed by atoms with Crippen LogP contribution in [0.3, 0.4) is 0 Å². The third-order valence-corrected chi connectivity index (χ3v) is 5.55. The number of carbonyl (C=O) groups is 1. The molecule has 0 amide bonds. The highest BCUT2D eigenvalue weighted by atomic mass is 16.6. The summed E-state index contributed by atoms with van der Waals surface area (Å²) < 4.78 is 11.1. The molecule has 1 atom stereocenters. The molecule has 1 aromatic heterocycles. The summed E-state index contributed by atoms with van der Waals surface area (Å²) in [4.78, 5) is 17.1. The maximum absolute atomic E-state index is 12.5. The summed E-state index contributed by atoms with van der Waals surface area (Å²) in [6.45, 7) is 5.68. The second-order valence-corrected chi connectivity index (χ2v) is 9.24. The van der Waals surface area contributed by atoms with Crippen LogP contribution in [0.5, 0.6) is 0 Å². The zero-order valence-corrected chi connectivity index (χ0v) is 18.0. The highest BCUT2D eigenvalue weighted by molar-refractivity contribution is 5.70. The molecule has 0 radical (unpaired) electrons. The molecular formula is C24H34N2O3. The van der Waals surface area contributed by atoms with E-state index in [9.17, 15) is 4.79 Å². The Balaban J connectivity index is 1.66. The smallest absolute Gasteiger partial charge is 0.307 e. The van der Waals surface area contributed by atoms with Crippen molar-refractivity contribution in [2.24, 2.45) is 5.92 Å².